The first kappa shape index (κ1) is 15.5. The number of ether oxygens (including phenoxy) is 1. The van der Waals surface area contributed by atoms with Crippen molar-refractivity contribution in [2.75, 3.05) is 19.0 Å². The first-order chi connectivity index (χ1) is 8.90. The van der Waals surface area contributed by atoms with E-state index >= 15 is 0 Å². The summed E-state index contributed by atoms with van der Waals surface area (Å²) in [6.45, 7) is 3.63. The van der Waals surface area contributed by atoms with E-state index in [-0.39, 0.29) is 12.5 Å². The first-order valence-corrected chi connectivity index (χ1v) is 6.13. The molecule has 102 valence electrons. The molecule has 0 aromatic heterocycles. The van der Waals surface area contributed by atoms with Crippen molar-refractivity contribution in [2.24, 2.45) is 5.73 Å². The molecule has 0 atom stereocenters. The van der Waals surface area contributed by atoms with Crippen LogP contribution in [0.4, 0.5) is 5.69 Å². The molecule has 1 amide bonds. The number of hydrogen-bond donors (Lipinski definition) is 2. The number of benzene rings is 1. The van der Waals surface area contributed by atoms with Crippen LogP contribution in [0.2, 0.25) is 5.02 Å². The molecule has 1 aromatic carbocycles. The molecule has 0 unspecified atom stereocenters. The molecule has 4 nitrogen and oxygen atoms in total. The second-order valence-electron chi connectivity index (χ2n) is 4.37. The molecule has 19 heavy (non-hydrogen) atoms. The lowest BCUT2D eigenvalue weighted by molar-refractivity contribution is -0.133. The van der Waals surface area contributed by atoms with Gasteiger partial charge in [0, 0.05) is 18.4 Å². The Morgan fingerprint density at radius 2 is 2.21 bits per heavy atom. The maximum atomic E-state index is 12.0. The van der Waals surface area contributed by atoms with Gasteiger partial charge >= 0.3 is 0 Å². The smallest absolute Gasteiger partial charge is 0.256 e. The van der Waals surface area contributed by atoms with Crippen molar-refractivity contribution >= 4 is 23.2 Å². The van der Waals surface area contributed by atoms with Gasteiger partial charge in [-0.15, -0.1) is 0 Å². The van der Waals surface area contributed by atoms with Crippen molar-refractivity contribution in [3.63, 3.8) is 0 Å². The monoisotopic (exact) mass is 280 g/mol. The third kappa shape index (κ3) is 4.25. The summed E-state index contributed by atoms with van der Waals surface area (Å²) in [7, 11) is 1.49. The number of carbonyl (C=O) groups excluding carboxylic acids is 1. The van der Waals surface area contributed by atoms with E-state index in [4.69, 9.17) is 22.1 Å². The van der Waals surface area contributed by atoms with Crippen molar-refractivity contribution in [1.82, 2.24) is 0 Å². The summed E-state index contributed by atoms with van der Waals surface area (Å²) in [5.41, 5.74) is 5.65. The predicted molar refractivity (Wildman–Crippen MR) is 77.1 cm³/mol. The molecule has 0 saturated carbocycles. The molecule has 1 aromatic rings. The Balaban J connectivity index is 2.95. The minimum absolute atomic E-state index is 0.241. The van der Waals surface area contributed by atoms with Crippen LogP contribution in [0.3, 0.4) is 0 Å². The topological polar surface area (TPSA) is 64.3 Å². The maximum absolute atomic E-state index is 12.0. The van der Waals surface area contributed by atoms with Crippen LogP contribution in [0.5, 0.6) is 0 Å². The number of anilines is 1. The number of carbonyl (C=O) groups is 1. The van der Waals surface area contributed by atoms with Crippen LogP contribution >= 0.6 is 11.6 Å². The fourth-order valence-corrected chi connectivity index (χ4v) is 1.38. The zero-order chi connectivity index (χ0) is 14.5. The quantitative estimate of drug-likeness (QED) is 0.833. The average molecular weight is 281 g/mol. The Kier molecular flexibility index (Phi) is 5.37. The average Bonchev–Trinajstić information content (AvgIpc) is 2.39. The van der Waals surface area contributed by atoms with E-state index in [0.717, 1.165) is 0 Å². The van der Waals surface area contributed by atoms with Gasteiger partial charge in [-0.2, -0.15) is 0 Å². The lowest BCUT2D eigenvalue weighted by atomic mass is 10.1. The lowest BCUT2D eigenvalue weighted by Gasteiger charge is -2.21. The van der Waals surface area contributed by atoms with E-state index in [2.05, 4.69) is 17.2 Å². The fourth-order valence-electron chi connectivity index (χ4n) is 1.22. The van der Waals surface area contributed by atoms with Crippen molar-refractivity contribution < 1.29 is 9.53 Å². The molecule has 0 heterocycles. The maximum Gasteiger partial charge on any atom is 0.256 e. The van der Waals surface area contributed by atoms with Crippen LogP contribution in [0.25, 0.3) is 0 Å². The SMILES string of the molecule is COC(C)(C)C(=O)Nc1ccc(Cl)c(C#CCN)c1. The van der Waals surface area contributed by atoms with Gasteiger partial charge in [0.2, 0.25) is 0 Å². The zero-order valence-electron chi connectivity index (χ0n) is 11.2. The fraction of sp³-hybridized carbons (Fsp3) is 0.357. The minimum Gasteiger partial charge on any atom is -0.369 e. The summed E-state index contributed by atoms with van der Waals surface area (Å²) in [6, 6.07) is 5.09. The Bertz CT molecular complexity index is 530. The van der Waals surface area contributed by atoms with E-state index in [9.17, 15) is 4.79 Å². The van der Waals surface area contributed by atoms with Gasteiger partial charge in [-0.05, 0) is 32.0 Å². The van der Waals surface area contributed by atoms with Gasteiger partial charge in [-0.3, -0.25) is 4.79 Å². The Hall–Kier alpha value is -1.54. The van der Waals surface area contributed by atoms with Gasteiger partial charge in [0.25, 0.3) is 5.91 Å². The molecule has 0 saturated heterocycles. The molecule has 1 rings (SSSR count). The second-order valence-corrected chi connectivity index (χ2v) is 4.78. The van der Waals surface area contributed by atoms with Gasteiger partial charge in [0.1, 0.15) is 5.60 Å². The van der Waals surface area contributed by atoms with Gasteiger partial charge in [0.05, 0.1) is 11.6 Å². The summed E-state index contributed by atoms with van der Waals surface area (Å²) >= 11 is 6.00. The van der Waals surface area contributed by atoms with Crippen LogP contribution in [0, 0.1) is 11.8 Å². The number of nitrogens with one attached hydrogen (secondary N) is 1. The van der Waals surface area contributed by atoms with E-state index in [1.165, 1.54) is 7.11 Å². The molecule has 0 spiro atoms. The molecule has 3 N–H and O–H groups in total. The van der Waals surface area contributed by atoms with Gasteiger partial charge < -0.3 is 15.8 Å². The van der Waals surface area contributed by atoms with Gasteiger partial charge in [-0.1, -0.05) is 23.4 Å². The van der Waals surface area contributed by atoms with E-state index in [1.54, 1.807) is 32.0 Å². The van der Waals surface area contributed by atoms with E-state index < -0.39 is 5.60 Å². The Morgan fingerprint density at radius 3 is 2.79 bits per heavy atom. The highest BCUT2D eigenvalue weighted by molar-refractivity contribution is 6.31. The molecule has 0 radical (unpaired) electrons. The van der Waals surface area contributed by atoms with Gasteiger partial charge in [-0.25, -0.2) is 0 Å². The first-order valence-electron chi connectivity index (χ1n) is 5.76. The molecule has 0 fully saturated rings. The summed E-state index contributed by atoms with van der Waals surface area (Å²) < 4.78 is 5.11. The van der Waals surface area contributed by atoms with Crippen LogP contribution in [0.15, 0.2) is 18.2 Å². The number of hydrogen-bond acceptors (Lipinski definition) is 3. The number of halogens is 1. The zero-order valence-corrected chi connectivity index (χ0v) is 12.0. The Morgan fingerprint density at radius 1 is 1.53 bits per heavy atom. The summed E-state index contributed by atoms with van der Waals surface area (Å²) in [5, 5.41) is 3.27. The van der Waals surface area contributed by atoms with Crippen molar-refractivity contribution in [2.45, 2.75) is 19.4 Å². The van der Waals surface area contributed by atoms with Crippen molar-refractivity contribution in [3.8, 4) is 11.8 Å². The molecule has 0 aliphatic rings. The highest BCUT2D eigenvalue weighted by Crippen LogP contribution is 2.21. The Labute approximate surface area is 118 Å². The summed E-state index contributed by atoms with van der Waals surface area (Å²) in [4.78, 5) is 12.0. The lowest BCUT2D eigenvalue weighted by Crippen LogP contribution is -2.38. The van der Waals surface area contributed by atoms with E-state index in [1.807, 2.05) is 0 Å². The summed E-state index contributed by atoms with van der Waals surface area (Å²) in [6.07, 6.45) is 0. The molecular weight excluding hydrogens is 264 g/mol. The van der Waals surface area contributed by atoms with Crippen LogP contribution in [-0.4, -0.2) is 25.2 Å². The summed E-state index contributed by atoms with van der Waals surface area (Å²) in [5.74, 6) is 5.33. The number of methoxy groups -OCH3 is 1. The minimum atomic E-state index is -0.900. The number of rotatable bonds is 3. The second kappa shape index (κ2) is 6.58. The molecular formula is C14H17ClN2O2. The highest BCUT2D eigenvalue weighted by Gasteiger charge is 2.26. The third-order valence-electron chi connectivity index (χ3n) is 2.61. The standard InChI is InChI=1S/C14H17ClN2O2/c1-14(2,19-3)13(18)17-11-6-7-12(15)10(9-11)5-4-8-16/h6-7,9H,8,16H2,1-3H3,(H,17,18). The van der Waals surface area contributed by atoms with Crippen molar-refractivity contribution in [3.05, 3.63) is 28.8 Å². The molecule has 0 bridgehead atoms. The predicted octanol–water partition coefficient (Wildman–Crippen LogP) is 2.01. The van der Waals surface area contributed by atoms with Crippen LogP contribution in [-0.2, 0) is 9.53 Å². The highest BCUT2D eigenvalue weighted by atomic mass is 35.5. The van der Waals surface area contributed by atoms with Crippen molar-refractivity contribution in [1.29, 1.82) is 0 Å². The van der Waals surface area contributed by atoms with E-state index in [0.29, 0.717) is 16.3 Å². The molecule has 0 aliphatic carbocycles. The van der Waals surface area contributed by atoms with Crippen LogP contribution in [0.1, 0.15) is 19.4 Å². The number of nitrogens with two attached hydrogens (primary N) is 1. The largest absolute Gasteiger partial charge is 0.369 e. The molecule has 5 heteroatoms. The van der Waals surface area contributed by atoms with Gasteiger partial charge in [0.15, 0.2) is 0 Å². The molecule has 0 aliphatic heterocycles. The third-order valence-corrected chi connectivity index (χ3v) is 2.94. The normalized spacial score (nSPS) is 10.6. The number of amides is 1. The van der Waals surface area contributed by atoms with Crippen LogP contribution < -0.4 is 11.1 Å².